The number of imide groups is 1. The van der Waals surface area contributed by atoms with E-state index in [1.165, 1.54) is 7.11 Å². The number of aromatic nitrogens is 2. The molecule has 2 amide bonds. The molecule has 0 saturated carbocycles. The summed E-state index contributed by atoms with van der Waals surface area (Å²) in [6, 6.07) is 27.5. The molecule has 8 heteroatoms. The number of hydrogen-bond donors (Lipinski definition) is 0. The van der Waals surface area contributed by atoms with Crippen LogP contribution in [0.1, 0.15) is 23.6 Å². The van der Waals surface area contributed by atoms with Gasteiger partial charge in [-0.3, -0.25) is 14.5 Å². The van der Waals surface area contributed by atoms with Crippen LogP contribution in [0.5, 0.6) is 5.75 Å². The summed E-state index contributed by atoms with van der Waals surface area (Å²) in [5, 5.41) is 14.6. The van der Waals surface area contributed by atoms with Gasteiger partial charge in [0.15, 0.2) is 0 Å². The van der Waals surface area contributed by atoms with E-state index >= 15 is 0 Å². The third-order valence-corrected chi connectivity index (χ3v) is 7.09. The van der Waals surface area contributed by atoms with Crippen molar-refractivity contribution in [3.8, 4) is 28.8 Å². The van der Waals surface area contributed by atoms with Crippen LogP contribution in [0.3, 0.4) is 0 Å². The highest BCUT2D eigenvalue weighted by Crippen LogP contribution is 2.33. The lowest BCUT2D eigenvalue weighted by atomic mass is 9.93. The van der Waals surface area contributed by atoms with E-state index < -0.39 is 11.8 Å². The molecule has 4 aromatic rings. The van der Waals surface area contributed by atoms with Gasteiger partial charge in [-0.1, -0.05) is 48.5 Å². The molecule has 1 aromatic heterocycles. The highest BCUT2D eigenvalue weighted by Gasteiger charge is 2.35. The molecular formula is C34H30N4O4. The SMILES string of the molecule is COCCN1C(=O)C(C#N)=C(C)/C(=C\c2cn(-c3ccccc3)nc2-c2ccc(OCc3ccccc3)c(C)c2)C1=O. The molecule has 2 heterocycles. The van der Waals surface area contributed by atoms with Crippen LogP contribution in [0.25, 0.3) is 23.0 Å². The molecule has 3 aromatic carbocycles. The average molecular weight is 559 g/mol. The van der Waals surface area contributed by atoms with Gasteiger partial charge >= 0.3 is 0 Å². The zero-order valence-corrected chi connectivity index (χ0v) is 23.7. The third kappa shape index (κ3) is 5.78. The molecule has 0 atom stereocenters. The maximum absolute atomic E-state index is 13.5. The number of carbonyl (C=O) groups excluding carboxylic acids is 2. The van der Waals surface area contributed by atoms with Crippen molar-refractivity contribution in [1.82, 2.24) is 14.7 Å². The smallest absolute Gasteiger partial charge is 0.271 e. The van der Waals surface area contributed by atoms with Crippen LogP contribution >= 0.6 is 0 Å². The minimum atomic E-state index is -0.615. The molecule has 0 bridgehead atoms. The van der Waals surface area contributed by atoms with Gasteiger partial charge in [0.05, 0.1) is 24.5 Å². The zero-order chi connectivity index (χ0) is 29.6. The Labute approximate surface area is 244 Å². The van der Waals surface area contributed by atoms with Gasteiger partial charge in [-0.25, -0.2) is 4.68 Å². The summed E-state index contributed by atoms with van der Waals surface area (Å²) in [6.45, 7) is 4.26. The molecule has 0 unspecified atom stereocenters. The number of ether oxygens (including phenoxy) is 2. The number of aryl methyl sites for hydroxylation is 1. The van der Waals surface area contributed by atoms with Gasteiger partial charge in [0.2, 0.25) is 0 Å². The number of nitriles is 1. The summed E-state index contributed by atoms with van der Waals surface area (Å²) in [7, 11) is 1.49. The Hall–Kier alpha value is -5.26. The van der Waals surface area contributed by atoms with E-state index in [0.717, 1.165) is 33.0 Å². The van der Waals surface area contributed by atoms with Crippen molar-refractivity contribution >= 4 is 17.9 Å². The predicted octanol–water partition coefficient (Wildman–Crippen LogP) is 5.67. The topological polar surface area (TPSA) is 97.5 Å². The molecule has 0 fully saturated rings. The van der Waals surface area contributed by atoms with Crippen molar-refractivity contribution in [2.24, 2.45) is 0 Å². The van der Waals surface area contributed by atoms with E-state index in [9.17, 15) is 14.9 Å². The van der Waals surface area contributed by atoms with Gasteiger partial charge < -0.3 is 9.47 Å². The summed E-state index contributed by atoms with van der Waals surface area (Å²) >= 11 is 0. The van der Waals surface area contributed by atoms with Crippen molar-refractivity contribution in [2.75, 3.05) is 20.3 Å². The van der Waals surface area contributed by atoms with E-state index in [-0.39, 0.29) is 24.3 Å². The lowest BCUT2D eigenvalue weighted by Crippen LogP contribution is -2.44. The number of benzene rings is 3. The van der Waals surface area contributed by atoms with Crippen LogP contribution in [0.2, 0.25) is 0 Å². The van der Waals surface area contributed by atoms with Crippen LogP contribution < -0.4 is 4.74 Å². The Kier molecular flexibility index (Phi) is 8.42. The van der Waals surface area contributed by atoms with E-state index in [1.807, 2.05) is 98.1 Å². The Balaban J connectivity index is 1.58. The maximum Gasteiger partial charge on any atom is 0.271 e. The molecule has 42 heavy (non-hydrogen) atoms. The van der Waals surface area contributed by atoms with Crippen molar-refractivity contribution in [3.05, 3.63) is 118 Å². The summed E-state index contributed by atoms with van der Waals surface area (Å²) in [6.07, 6.45) is 3.55. The second-order valence-electron chi connectivity index (χ2n) is 9.89. The van der Waals surface area contributed by atoms with Crippen LogP contribution in [-0.4, -0.2) is 46.8 Å². The molecule has 1 aliphatic rings. The number of rotatable bonds is 9. The minimum absolute atomic E-state index is 0.0454. The van der Waals surface area contributed by atoms with E-state index in [4.69, 9.17) is 14.6 Å². The van der Waals surface area contributed by atoms with E-state index in [1.54, 1.807) is 17.7 Å². The van der Waals surface area contributed by atoms with Gasteiger partial charge in [0, 0.05) is 30.0 Å². The lowest BCUT2D eigenvalue weighted by molar-refractivity contribution is -0.141. The van der Waals surface area contributed by atoms with E-state index in [0.29, 0.717) is 23.4 Å². The minimum Gasteiger partial charge on any atom is -0.489 e. The summed E-state index contributed by atoms with van der Waals surface area (Å²) in [4.78, 5) is 27.5. The van der Waals surface area contributed by atoms with Crippen molar-refractivity contribution in [2.45, 2.75) is 20.5 Å². The first-order valence-electron chi connectivity index (χ1n) is 13.5. The molecule has 8 nitrogen and oxygen atoms in total. The molecule has 0 aliphatic carbocycles. The largest absolute Gasteiger partial charge is 0.489 e. The Morgan fingerprint density at radius 1 is 0.952 bits per heavy atom. The number of carbonyl (C=O) groups is 2. The first-order chi connectivity index (χ1) is 20.4. The number of nitrogens with zero attached hydrogens (tertiary/aromatic N) is 4. The van der Waals surface area contributed by atoms with Gasteiger partial charge in [0.1, 0.15) is 24.0 Å². The highest BCUT2D eigenvalue weighted by molar-refractivity contribution is 6.19. The Bertz CT molecular complexity index is 1730. The molecule has 0 spiro atoms. The van der Waals surface area contributed by atoms with Crippen molar-refractivity contribution in [3.63, 3.8) is 0 Å². The first-order valence-corrected chi connectivity index (χ1v) is 13.5. The summed E-state index contributed by atoms with van der Waals surface area (Å²) < 4.78 is 12.9. The van der Waals surface area contributed by atoms with E-state index in [2.05, 4.69) is 0 Å². The van der Waals surface area contributed by atoms with Crippen molar-refractivity contribution < 1.29 is 19.1 Å². The fraction of sp³-hybridized carbons (Fsp3) is 0.176. The van der Waals surface area contributed by atoms with Crippen LogP contribution in [0, 0.1) is 18.3 Å². The number of amides is 2. The second-order valence-corrected chi connectivity index (χ2v) is 9.89. The fourth-order valence-electron chi connectivity index (χ4n) is 4.80. The van der Waals surface area contributed by atoms with Gasteiger partial charge in [-0.15, -0.1) is 0 Å². The number of para-hydroxylation sites is 1. The zero-order valence-electron chi connectivity index (χ0n) is 23.7. The summed E-state index contributed by atoms with van der Waals surface area (Å²) in [5.41, 5.74) is 5.52. The maximum atomic E-state index is 13.5. The molecular weight excluding hydrogens is 528 g/mol. The molecule has 0 radical (unpaired) electrons. The molecule has 5 rings (SSSR count). The quantitative estimate of drug-likeness (QED) is 0.194. The molecule has 210 valence electrons. The first kappa shape index (κ1) is 28.3. The summed E-state index contributed by atoms with van der Waals surface area (Å²) in [5.74, 6) is -0.332. The Morgan fingerprint density at radius 2 is 1.67 bits per heavy atom. The van der Waals surface area contributed by atoms with Gasteiger partial charge in [0.25, 0.3) is 11.8 Å². The normalized spacial score (nSPS) is 14.4. The van der Waals surface area contributed by atoms with Crippen LogP contribution in [-0.2, 0) is 20.9 Å². The fourth-order valence-corrected chi connectivity index (χ4v) is 4.80. The average Bonchev–Trinajstić information content (AvgIpc) is 3.44. The lowest BCUT2D eigenvalue weighted by Gasteiger charge is -2.27. The number of hydrogen-bond acceptors (Lipinski definition) is 6. The highest BCUT2D eigenvalue weighted by atomic mass is 16.5. The van der Waals surface area contributed by atoms with Gasteiger partial charge in [-0.05, 0) is 67.0 Å². The Morgan fingerprint density at radius 3 is 2.33 bits per heavy atom. The second kappa shape index (κ2) is 12.5. The van der Waals surface area contributed by atoms with Gasteiger partial charge in [-0.2, -0.15) is 10.4 Å². The van der Waals surface area contributed by atoms with Crippen molar-refractivity contribution in [1.29, 1.82) is 5.26 Å². The standard InChI is InChI=1S/C34H30N4O4/c1-23-18-26(14-15-31(23)42-22-25-10-6-4-7-11-25)32-27(21-38(36-32)28-12-8-5-9-13-28)19-29-24(2)30(20-35)34(40)37(33(29)39)16-17-41-3/h4-15,18-19,21H,16-17,22H2,1-3H3/b29-19+. The molecule has 0 N–H and O–H groups in total. The molecule has 1 aliphatic heterocycles. The van der Waals surface area contributed by atoms with Crippen LogP contribution in [0.4, 0.5) is 0 Å². The predicted molar refractivity (Wildman–Crippen MR) is 159 cm³/mol. The number of methoxy groups -OCH3 is 1. The third-order valence-electron chi connectivity index (χ3n) is 7.09. The van der Waals surface area contributed by atoms with Crippen LogP contribution in [0.15, 0.2) is 102 Å². The monoisotopic (exact) mass is 558 g/mol. The molecule has 0 saturated heterocycles.